The first kappa shape index (κ1) is 63.0. The van der Waals surface area contributed by atoms with Crippen molar-refractivity contribution in [3.8, 4) is 5.75 Å². The molecule has 11 atom stereocenters. The Kier molecular flexibility index (Phi) is 27.8. The van der Waals surface area contributed by atoms with Crippen molar-refractivity contribution in [1.29, 1.82) is 0 Å². The van der Waals surface area contributed by atoms with Crippen LogP contribution in [-0.4, -0.2) is 184 Å². The molecule has 17 N–H and O–H groups in total. The van der Waals surface area contributed by atoms with Gasteiger partial charge in [0.2, 0.25) is 47.3 Å². The molecule has 410 valence electrons. The van der Waals surface area contributed by atoms with Gasteiger partial charge in [-0.2, -0.15) is 11.8 Å². The van der Waals surface area contributed by atoms with Gasteiger partial charge >= 0.3 is 0 Å². The molecule has 26 heteroatoms. The number of carbonyl (C=O) groups excluding carboxylic acids is 9. The summed E-state index contributed by atoms with van der Waals surface area (Å²) in [6, 6.07) is -6.21. The van der Waals surface area contributed by atoms with Crippen molar-refractivity contribution in [1.82, 2.24) is 42.1 Å². The predicted octanol–water partition coefficient (Wildman–Crippen LogP) is -3.89. The molecule has 1 heterocycles. The van der Waals surface area contributed by atoms with Crippen LogP contribution >= 0.6 is 11.8 Å². The van der Waals surface area contributed by atoms with Gasteiger partial charge in [0.15, 0.2) is 5.96 Å². The lowest BCUT2D eigenvalue weighted by atomic mass is 9.96. The number of amides is 8. The first-order valence-electron chi connectivity index (χ1n) is 24.4. The second-order valence-electron chi connectivity index (χ2n) is 18.5. The summed E-state index contributed by atoms with van der Waals surface area (Å²) in [5.74, 6) is -7.01. The number of aliphatic imine (C=N–C) groups is 1. The highest BCUT2D eigenvalue weighted by atomic mass is 32.2. The van der Waals surface area contributed by atoms with Crippen LogP contribution in [-0.2, 0) is 49.6 Å². The largest absolute Gasteiger partial charge is 0.508 e. The average Bonchev–Trinajstić information content (AvgIpc) is 3.85. The van der Waals surface area contributed by atoms with E-state index >= 15 is 0 Å². The monoisotopic (exact) mass is 1050 g/mol. The number of nitrogens with zero attached hydrogens (tertiary/aromatic N) is 2. The molecule has 0 aromatic heterocycles. The van der Waals surface area contributed by atoms with E-state index in [0.717, 1.165) is 4.90 Å². The number of aliphatic hydroxyl groups is 3. The van der Waals surface area contributed by atoms with E-state index in [0.29, 0.717) is 36.9 Å². The van der Waals surface area contributed by atoms with Crippen LogP contribution in [0, 0.1) is 11.8 Å². The van der Waals surface area contributed by atoms with Crippen LogP contribution in [0.2, 0.25) is 0 Å². The number of thioether (sulfide) groups is 1. The molecule has 1 aliphatic heterocycles. The number of nitrogens with one attached hydrogen (secondary N) is 7. The van der Waals surface area contributed by atoms with Crippen molar-refractivity contribution in [2.45, 2.75) is 146 Å². The highest BCUT2D eigenvalue weighted by Gasteiger charge is 2.41. The number of phenols is 1. The number of aldehydes is 1. The molecule has 1 aromatic carbocycles. The second-order valence-corrected chi connectivity index (χ2v) is 19.5. The lowest BCUT2D eigenvalue weighted by Crippen LogP contribution is -2.62. The van der Waals surface area contributed by atoms with Gasteiger partial charge in [-0.15, -0.1) is 0 Å². The summed E-state index contributed by atoms with van der Waals surface area (Å²) >= 11 is 1.40. The zero-order chi connectivity index (χ0) is 54.9. The fourth-order valence-corrected chi connectivity index (χ4v) is 8.21. The molecule has 1 aliphatic rings. The smallest absolute Gasteiger partial charge is 0.248 e. The van der Waals surface area contributed by atoms with Gasteiger partial charge in [-0.25, -0.2) is 0 Å². The van der Waals surface area contributed by atoms with Crippen LogP contribution in [0.4, 0.5) is 0 Å². The maximum absolute atomic E-state index is 14.1. The fourth-order valence-electron chi connectivity index (χ4n) is 7.74. The van der Waals surface area contributed by atoms with Gasteiger partial charge < -0.3 is 84.5 Å². The average molecular weight is 1050 g/mol. The van der Waals surface area contributed by atoms with E-state index in [4.69, 9.17) is 17.2 Å². The third-order valence-corrected chi connectivity index (χ3v) is 12.7. The molecule has 1 saturated heterocycles. The number of aromatic hydroxyl groups is 1. The number of benzene rings is 1. The number of guanidine groups is 1. The third-order valence-electron chi connectivity index (χ3n) is 12.1. The topological polar surface area (TPSA) is 412 Å². The lowest BCUT2D eigenvalue weighted by molar-refractivity contribution is -0.144. The number of phenolic OH excluding ortho intramolecular Hbond substituents is 1. The molecule has 0 saturated carbocycles. The zero-order valence-electron chi connectivity index (χ0n) is 42.5. The van der Waals surface area contributed by atoms with Gasteiger partial charge in [0.1, 0.15) is 54.3 Å². The van der Waals surface area contributed by atoms with Crippen LogP contribution in [0.15, 0.2) is 29.3 Å². The molecule has 0 radical (unpaired) electrons. The lowest BCUT2D eigenvalue weighted by Gasteiger charge is -2.31. The van der Waals surface area contributed by atoms with Crippen molar-refractivity contribution >= 4 is 71.3 Å². The molecule has 8 amide bonds. The molecule has 0 aliphatic carbocycles. The summed E-state index contributed by atoms with van der Waals surface area (Å²) in [6.07, 6.45) is 2.43. The van der Waals surface area contributed by atoms with E-state index in [9.17, 15) is 63.6 Å². The van der Waals surface area contributed by atoms with Gasteiger partial charge in [-0.3, -0.25) is 43.3 Å². The van der Waals surface area contributed by atoms with Gasteiger partial charge in [-0.05, 0) is 87.0 Å². The van der Waals surface area contributed by atoms with Crippen molar-refractivity contribution in [3.63, 3.8) is 0 Å². The highest BCUT2D eigenvalue weighted by molar-refractivity contribution is 7.98. The van der Waals surface area contributed by atoms with E-state index in [1.54, 1.807) is 20.1 Å². The van der Waals surface area contributed by atoms with Crippen LogP contribution in [0.5, 0.6) is 5.75 Å². The van der Waals surface area contributed by atoms with Crippen LogP contribution < -0.4 is 54.4 Å². The summed E-state index contributed by atoms with van der Waals surface area (Å²) in [5.41, 5.74) is 17.3. The number of rotatable bonds is 32. The molecule has 1 fully saturated rings. The van der Waals surface area contributed by atoms with Crippen molar-refractivity contribution in [2.75, 3.05) is 38.3 Å². The minimum absolute atomic E-state index is 0.0293. The molecule has 0 unspecified atom stereocenters. The van der Waals surface area contributed by atoms with Gasteiger partial charge in [-0.1, -0.05) is 46.2 Å². The summed E-state index contributed by atoms with van der Waals surface area (Å²) in [6.45, 7) is 6.67. The minimum atomic E-state index is -1.74. The molecule has 25 nitrogen and oxygen atoms in total. The molecule has 2 rings (SSSR count). The van der Waals surface area contributed by atoms with E-state index in [2.05, 4.69) is 42.2 Å². The quantitative estimate of drug-likeness (QED) is 0.0142. The van der Waals surface area contributed by atoms with E-state index in [-0.39, 0.29) is 62.8 Å². The number of hydrogen-bond donors (Lipinski definition) is 14. The Bertz CT molecular complexity index is 2030. The SMILES string of the molecule is CC[C@H](C)[C@H](NC(=O)[C@H](CO)NC(=O)[C@@H](NC(=O)[C@@H]1CCCN1C(=O)[C@H](CO)NC(=O)[C@H](Cc1ccc(O)cc1)NC(=O)[C@H](CCSC)NC(=O)[C@@H](N)CCCN=C(N)N)[C@@H](C)O)C(=O)N[C@H](C=O)CC(C)C. The third kappa shape index (κ3) is 21.1. The van der Waals surface area contributed by atoms with Crippen LogP contribution in [0.1, 0.15) is 85.1 Å². The molecular formula is C47H78N12O13S. The highest BCUT2D eigenvalue weighted by Crippen LogP contribution is 2.20. The normalized spacial score (nSPS) is 17.4. The Morgan fingerprint density at radius 2 is 1.36 bits per heavy atom. The second kappa shape index (κ2) is 32.2. The zero-order valence-corrected chi connectivity index (χ0v) is 43.3. The van der Waals surface area contributed by atoms with E-state index < -0.39 is 127 Å². The number of carbonyl (C=O) groups is 9. The van der Waals surface area contributed by atoms with E-state index in [1.807, 2.05) is 13.8 Å². The Morgan fingerprint density at radius 3 is 1.92 bits per heavy atom. The molecule has 0 spiro atoms. The predicted molar refractivity (Wildman–Crippen MR) is 272 cm³/mol. The van der Waals surface area contributed by atoms with Gasteiger partial charge in [0.05, 0.1) is 31.4 Å². The summed E-state index contributed by atoms with van der Waals surface area (Å²) in [7, 11) is 0. The van der Waals surface area contributed by atoms with Crippen LogP contribution in [0.25, 0.3) is 0 Å². The number of hydrogen-bond acceptors (Lipinski definition) is 16. The van der Waals surface area contributed by atoms with Crippen molar-refractivity contribution < 1.29 is 63.6 Å². The molecule has 0 bridgehead atoms. The van der Waals surface area contributed by atoms with Gasteiger partial charge in [0.25, 0.3) is 0 Å². The Balaban J connectivity index is 2.28. The fraction of sp³-hybridized carbons (Fsp3) is 0.660. The standard InChI is InChI=1S/C47H78N12O13S/c1-7-26(4)37(44(70)52-29(22-60)20-25(2)3)57-42(68)34(23-61)55-45(71)38(27(5)63)58-43(69)36-11-9-18-59(36)46(72)35(24-62)56-41(67)33(21-28-12-14-30(64)15-13-28)54-40(66)32(16-19-73-6)53-39(65)31(48)10-8-17-51-47(49)50/h12-15,22,25-27,29,31-38,61-64H,7-11,16-21,23-24,48H2,1-6H3,(H,52,70)(H,53,65)(H,54,66)(H,55,71)(H,56,67)(H,57,68)(H,58,69)(H4,49,50,51)/t26-,27+,29-,31-,32-,33-,34-,35-,36-,37-,38-/m0/s1. The molecular weight excluding hydrogens is 973 g/mol. The van der Waals surface area contributed by atoms with Crippen molar-refractivity contribution in [3.05, 3.63) is 29.8 Å². The number of aliphatic hydroxyl groups excluding tert-OH is 3. The summed E-state index contributed by atoms with van der Waals surface area (Å²) in [4.78, 5) is 126. The molecule has 1 aromatic rings. The first-order valence-corrected chi connectivity index (χ1v) is 25.8. The Morgan fingerprint density at radius 1 is 0.781 bits per heavy atom. The first-order chi connectivity index (χ1) is 34.5. The van der Waals surface area contributed by atoms with Crippen LogP contribution in [0.3, 0.4) is 0 Å². The van der Waals surface area contributed by atoms with Crippen molar-refractivity contribution in [2.24, 2.45) is 34.0 Å². The van der Waals surface area contributed by atoms with Gasteiger partial charge in [0, 0.05) is 19.5 Å². The maximum atomic E-state index is 14.1. The summed E-state index contributed by atoms with van der Waals surface area (Å²) < 4.78 is 0. The maximum Gasteiger partial charge on any atom is 0.248 e. The van der Waals surface area contributed by atoms with E-state index in [1.165, 1.54) is 43.0 Å². The summed E-state index contributed by atoms with van der Waals surface area (Å²) in [5, 5.41) is 58.8. The Labute approximate surface area is 430 Å². The number of nitrogens with two attached hydrogens (primary N) is 3. The Hall–Kier alpha value is -6.09. The number of likely N-dealkylation sites (tertiary alicyclic amines) is 1. The molecule has 73 heavy (non-hydrogen) atoms. The minimum Gasteiger partial charge on any atom is -0.508 e.